The highest BCUT2D eigenvalue weighted by atomic mass is 79.9. The average molecular weight is 380 g/mol. The average Bonchev–Trinajstić information content (AvgIpc) is 2.69. The van der Waals surface area contributed by atoms with Crippen LogP contribution in [0, 0.1) is 5.82 Å². The Kier molecular flexibility index (Phi) is 4.36. The summed E-state index contributed by atoms with van der Waals surface area (Å²) in [5.41, 5.74) is 0.519. The first kappa shape index (κ1) is 13.2. The van der Waals surface area contributed by atoms with Crippen LogP contribution in [0.25, 0.3) is 0 Å². The van der Waals surface area contributed by atoms with Gasteiger partial charge in [-0.15, -0.1) is 11.3 Å². The number of rotatable bonds is 3. The molecule has 0 aliphatic carbocycles. The summed E-state index contributed by atoms with van der Waals surface area (Å²) in [4.78, 5) is 0.833. The van der Waals surface area contributed by atoms with E-state index in [-0.39, 0.29) is 12.2 Å². The largest absolute Gasteiger partial charge is 0.387 e. The Balaban J connectivity index is 2.15. The van der Waals surface area contributed by atoms with Crippen LogP contribution in [-0.4, -0.2) is 5.11 Å². The molecule has 2 aromatic rings. The number of aliphatic hydroxyl groups is 1. The molecule has 0 fully saturated rings. The van der Waals surface area contributed by atoms with Gasteiger partial charge in [-0.25, -0.2) is 4.39 Å². The molecule has 1 unspecified atom stereocenters. The van der Waals surface area contributed by atoms with Gasteiger partial charge < -0.3 is 5.11 Å². The number of hydrogen-bond donors (Lipinski definition) is 1. The molecule has 2 rings (SSSR count). The molecule has 0 saturated carbocycles. The van der Waals surface area contributed by atoms with Crippen molar-refractivity contribution in [2.45, 2.75) is 12.5 Å². The molecule has 0 bridgehead atoms. The Hall–Kier alpha value is -0.230. The molecular weight excluding hydrogens is 371 g/mol. The van der Waals surface area contributed by atoms with Crippen LogP contribution in [0.5, 0.6) is 0 Å². The molecule has 0 aliphatic heterocycles. The van der Waals surface area contributed by atoms with Gasteiger partial charge in [0.05, 0.1) is 6.10 Å². The fourth-order valence-corrected chi connectivity index (χ4v) is 3.26. The van der Waals surface area contributed by atoms with Crippen molar-refractivity contribution in [1.82, 2.24) is 0 Å². The van der Waals surface area contributed by atoms with E-state index in [2.05, 4.69) is 31.9 Å². The van der Waals surface area contributed by atoms with Crippen molar-refractivity contribution in [3.63, 3.8) is 0 Å². The summed E-state index contributed by atoms with van der Waals surface area (Å²) in [6.45, 7) is 0. The van der Waals surface area contributed by atoms with Crippen LogP contribution in [-0.2, 0) is 6.42 Å². The van der Waals surface area contributed by atoms with Gasteiger partial charge in [-0.3, -0.25) is 0 Å². The molecule has 1 aromatic heterocycles. The van der Waals surface area contributed by atoms with E-state index in [0.717, 1.165) is 9.35 Å². The third kappa shape index (κ3) is 3.37. The highest BCUT2D eigenvalue weighted by Crippen LogP contribution is 2.28. The van der Waals surface area contributed by atoms with Gasteiger partial charge in [-0.1, -0.05) is 22.0 Å². The smallest absolute Gasteiger partial charge is 0.127 e. The van der Waals surface area contributed by atoms with E-state index in [1.54, 1.807) is 12.1 Å². The summed E-state index contributed by atoms with van der Waals surface area (Å²) in [7, 11) is 0. The molecule has 1 N–H and O–H groups in total. The van der Waals surface area contributed by atoms with E-state index < -0.39 is 6.10 Å². The van der Waals surface area contributed by atoms with Crippen molar-refractivity contribution < 1.29 is 9.50 Å². The van der Waals surface area contributed by atoms with Crippen molar-refractivity contribution in [1.29, 1.82) is 0 Å². The minimum atomic E-state index is -0.665. The highest BCUT2D eigenvalue weighted by molar-refractivity contribution is 9.10. The number of benzene rings is 1. The quantitative estimate of drug-likeness (QED) is 0.820. The first-order valence-electron chi connectivity index (χ1n) is 4.92. The fraction of sp³-hybridized carbons (Fsp3) is 0.167. The zero-order valence-electron chi connectivity index (χ0n) is 8.66. The van der Waals surface area contributed by atoms with E-state index in [4.69, 9.17) is 0 Å². The van der Waals surface area contributed by atoms with Crippen LogP contribution in [0.1, 0.15) is 16.5 Å². The number of thiophene rings is 1. The van der Waals surface area contributed by atoms with Crippen molar-refractivity contribution in [3.05, 3.63) is 54.8 Å². The van der Waals surface area contributed by atoms with Crippen LogP contribution >= 0.6 is 43.2 Å². The lowest BCUT2D eigenvalue weighted by atomic mass is 10.1. The molecule has 0 saturated heterocycles. The molecule has 1 atom stereocenters. The maximum absolute atomic E-state index is 13.6. The molecule has 17 heavy (non-hydrogen) atoms. The summed E-state index contributed by atoms with van der Waals surface area (Å²) in [6, 6.07) is 6.72. The SMILES string of the molecule is OC(Cc1ccc(Br)cc1F)c1cc(Br)cs1. The Labute approximate surface area is 120 Å². The van der Waals surface area contributed by atoms with Gasteiger partial charge in [0.2, 0.25) is 0 Å². The van der Waals surface area contributed by atoms with Crippen molar-refractivity contribution in [2.75, 3.05) is 0 Å². The predicted molar refractivity (Wildman–Crippen MR) is 74.8 cm³/mol. The summed E-state index contributed by atoms with van der Waals surface area (Å²) in [5, 5.41) is 11.9. The van der Waals surface area contributed by atoms with Gasteiger partial charge >= 0.3 is 0 Å². The van der Waals surface area contributed by atoms with Crippen molar-refractivity contribution >= 4 is 43.2 Å². The maximum Gasteiger partial charge on any atom is 0.127 e. The van der Waals surface area contributed by atoms with Gasteiger partial charge in [-0.05, 0) is 39.7 Å². The second-order valence-corrected chi connectivity index (χ2v) is 6.40. The van der Waals surface area contributed by atoms with Gasteiger partial charge in [0.25, 0.3) is 0 Å². The van der Waals surface area contributed by atoms with Crippen LogP contribution in [0.15, 0.2) is 38.6 Å². The summed E-state index contributed by atoms with van der Waals surface area (Å²) >= 11 is 7.99. The molecule has 90 valence electrons. The zero-order valence-corrected chi connectivity index (χ0v) is 12.6. The second kappa shape index (κ2) is 5.61. The number of hydrogen-bond acceptors (Lipinski definition) is 2. The summed E-state index contributed by atoms with van der Waals surface area (Å²) in [5.74, 6) is -0.297. The minimum absolute atomic E-state index is 0.284. The summed E-state index contributed by atoms with van der Waals surface area (Å²) < 4.78 is 15.2. The first-order valence-corrected chi connectivity index (χ1v) is 7.39. The molecule has 0 aliphatic rings. The van der Waals surface area contributed by atoms with Crippen molar-refractivity contribution in [3.8, 4) is 0 Å². The van der Waals surface area contributed by atoms with Gasteiger partial charge in [0, 0.05) is 25.6 Å². The van der Waals surface area contributed by atoms with E-state index in [9.17, 15) is 9.50 Å². The lowest BCUT2D eigenvalue weighted by Gasteiger charge is -2.09. The molecule has 1 heterocycles. The maximum atomic E-state index is 13.6. The van der Waals surface area contributed by atoms with E-state index in [1.807, 2.05) is 11.4 Å². The van der Waals surface area contributed by atoms with Crippen LogP contribution < -0.4 is 0 Å². The van der Waals surface area contributed by atoms with E-state index in [0.29, 0.717) is 10.0 Å². The van der Waals surface area contributed by atoms with Crippen LogP contribution in [0.3, 0.4) is 0 Å². The summed E-state index contributed by atoms with van der Waals surface area (Å²) in [6.07, 6.45) is -0.381. The second-order valence-electron chi connectivity index (χ2n) is 3.62. The fourth-order valence-electron chi connectivity index (χ4n) is 1.50. The van der Waals surface area contributed by atoms with E-state index in [1.165, 1.54) is 17.4 Å². The topological polar surface area (TPSA) is 20.2 Å². The molecule has 1 aromatic carbocycles. The minimum Gasteiger partial charge on any atom is -0.387 e. The lowest BCUT2D eigenvalue weighted by Crippen LogP contribution is -2.01. The Morgan fingerprint density at radius 2 is 2.00 bits per heavy atom. The Morgan fingerprint density at radius 1 is 1.24 bits per heavy atom. The standard InChI is InChI=1S/C12H9Br2FOS/c13-8-2-1-7(10(15)4-8)3-11(16)12-5-9(14)6-17-12/h1-2,4-6,11,16H,3H2. The number of halogens is 3. The van der Waals surface area contributed by atoms with Gasteiger partial charge in [0.1, 0.15) is 5.82 Å². The molecule has 5 heteroatoms. The highest BCUT2D eigenvalue weighted by Gasteiger charge is 2.13. The Morgan fingerprint density at radius 3 is 2.59 bits per heavy atom. The van der Waals surface area contributed by atoms with Crippen LogP contribution in [0.2, 0.25) is 0 Å². The monoisotopic (exact) mass is 378 g/mol. The third-order valence-electron chi connectivity index (χ3n) is 2.34. The third-order valence-corrected chi connectivity index (χ3v) is 4.63. The van der Waals surface area contributed by atoms with Crippen LogP contribution in [0.4, 0.5) is 4.39 Å². The normalized spacial score (nSPS) is 12.7. The number of aliphatic hydroxyl groups excluding tert-OH is 1. The predicted octanol–water partition coefficient (Wildman–Crippen LogP) is 4.69. The molecule has 0 radical (unpaired) electrons. The first-order chi connectivity index (χ1) is 8.06. The molecule has 0 spiro atoms. The zero-order chi connectivity index (χ0) is 12.4. The van der Waals surface area contributed by atoms with Gasteiger partial charge in [-0.2, -0.15) is 0 Å². The van der Waals surface area contributed by atoms with Gasteiger partial charge in [0.15, 0.2) is 0 Å². The Bertz CT molecular complexity index is 527. The van der Waals surface area contributed by atoms with Crippen molar-refractivity contribution in [2.24, 2.45) is 0 Å². The lowest BCUT2D eigenvalue weighted by molar-refractivity contribution is 0.181. The molecule has 1 nitrogen and oxygen atoms in total. The molecular formula is C12H9Br2FOS. The molecule has 0 amide bonds. The van der Waals surface area contributed by atoms with E-state index >= 15 is 0 Å².